The molecule has 0 spiro atoms. The predicted molar refractivity (Wildman–Crippen MR) is 54.3 cm³/mol. The minimum Gasteiger partial charge on any atom is -0.468 e. The fourth-order valence-electron chi connectivity index (χ4n) is 1.06. The van der Waals surface area contributed by atoms with Crippen LogP contribution in [0.5, 0.6) is 0 Å². The largest absolute Gasteiger partial charge is 0.468 e. The lowest BCUT2D eigenvalue weighted by atomic mass is 10.3. The minimum atomic E-state index is 0.524. The zero-order valence-corrected chi connectivity index (χ0v) is 8.78. The Morgan fingerprint density at radius 3 is 3.00 bits per heavy atom. The summed E-state index contributed by atoms with van der Waals surface area (Å²) < 4.78 is 5.16. The molecule has 15 heavy (non-hydrogen) atoms. The SMILES string of the molecule is Cc1occc1Sc1nnccc1C#N. The number of hydrogen-bond donors (Lipinski definition) is 0. The Morgan fingerprint density at radius 1 is 1.47 bits per heavy atom. The summed E-state index contributed by atoms with van der Waals surface area (Å²) in [7, 11) is 0. The molecule has 0 aliphatic rings. The standard InChI is InChI=1S/C10H7N3OS/c1-7-9(3-5-14-7)15-10-8(6-11)2-4-12-13-10/h2-5H,1H3. The molecule has 74 valence electrons. The smallest absolute Gasteiger partial charge is 0.141 e. The van der Waals surface area contributed by atoms with E-state index in [1.807, 2.05) is 13.0 Å². The Labute approximate surface area is 90.9 Å². The number of aromatic nitrogens is 2. The normalized spacial score (nSPS) is 9.87. The van der Waals surface area contributed by atoms with Crippen molar-refractivity contribution < 1.29 is 4.42 Å². The van der Waals surface area contributed by atoms with Crippen LogP contribution in [0.1, 0.15) is 11.3 Å². The maximum absolute atomic E-state index is 8.86. The molecule has 0 unspecified atom stereocenters. The number of rotatable bonds is 2. The van der Waals surface area contributed by atoms with Crippen LogP contribution in [0.2, 0.25) is 0 Å². The van der Waals surface area contributed by atoms with Crippen molar-refractivity contribution in [3.63, 3.8) is 0 Å². The predicted octanol–water partition coefficient (Wildman–Crippen LogP) is 2.40. The molecule has 0 amide bonds. The first kappa shape index (κ1) is 9.74. The molecule has 0 saturated carbocycles. The molecule has 0 saturated heterocycles. The second-order valence-corrected chi connectivity index (χ2v) is 3.84. The van der Waals surface area contributed by atoms with Crippen LogP contribution in [0.3, 0.4) is 0 Å². The van der Waals surface area contributed by atoms with E-state index in [0.29, 0.717) is 10.6 Å². The van der Waals surface area contributed by atoms with Gasteiger partial charge in [-0.05, 0) is 19.1 Å². The lowest BCUT2D eigenvalue weighted by Crippen LogP contribution is -1.88. The quantitative estimate of drug-likeness (QED) is 0.772. The molecule has 2 rings (SSSR count). The molecule has 0 atom stereocenters. The Hall–Kier alpha value is -1.80. The highest BCUT2D eigenvalue weighted by Gasteiger charge is 2.09. The van der Waals surface area contributed by atoms with Crippen LogP contribution in [0.15, 0.2) is 38.9 Å². The Kier molecular flexibility index (Phi) is 2.70. The summed E-state index contributed by atoms with van der Waals surface area (Å²) in [5.74, 6) is 0.814. The summed E-state index contributed by atoms with van der Waals surface area (Å²) in [6.45, 7) is 1.87. The third kappa shape index (κ3) is 2.00. The zero-order valence-electron chi connectivity index (χ0n) is 7.97. The molecule has 2 aromatic heterocycles. The second kappa shape index (κ2) is 4.15. The number of hydrogen-bond acceptors (Lipinski definition) is 5. The van der Waals surface area contributed by atoms with Crippen LogP contribution < -0.4 is 0 Å². The third-order valence-electron chi connectivity index (χ3n) is 1.83. The molecule has 4 nitrogen and oxygen atoms in total. The van der Waals surface area contributed by atoms with Gasteiger partial charge in [0.05, 0.1) is 22.9 Å². The molecule has 2 aromatic rings. The fourth-order valence-corrected chi connectivity index (χ4v) is 1.90. The van der Waals surface area contributed by atoms with E-state index < -0.39 is 0 Å². The molecule has 0 fully saturated rings. The molecule has 0 bridgehead atoms. The molecule has 0 aromatic carbocycles. The first-order chi connectivity index (χ1) is 7.31. The number of nitrogens with zero attached hydrogens (tertiary/aromatic N) is 3. The van der Waals surface area contributed by atoms with Gasteiger partial charge in [0, 0.05) is 0 Å². The van der Waals surface area contributed by atoms with Crippen LogP contribution in [-0.4, -0.2) is 10.2 Å². The Bertz CT molecular complexity index is 515. The van der Waals surface area contributed by atoms with Crippen molar-refractivity contribution in [2.75, 3.05) is 0 Å². The van der Waals surface area contributed by atoms with Gasteiger partial charge in [-0.3, -0.25) is 0 Å². The lowest BCUT2D eigenvalue weighted by Gasteiger charge is -1.99. The topological polar surface area (TPSA) is 62.7 Å². The third-order valence-corrected chi connectivity index (χ3v) is 2.96. The average Bonchev–Trinajstić information content (AvgIpc) is 2.65. The van der Waals surface area contributed by atoms with Crippen LogP contribution in [0.25, 0.3) is 0 Å². The van der Waals surface area contributed by atoms with Crippen molar-refractivity contribution >= 4 is 11.8 Å². The number of aryl methyl sites for hydroxylation is 1. The monoisotopic (exact) mass is 217 g/mol. The van der Waals surface area contributed by atoms with Crippen LogP contribution >= 0.6 is 11.8 Å². The summed E-state index contributed by atoms with van der Waals surface area (Å²) in [6.07, 6.45) is 3.12. The maximum Gasteiger partial charge on any atom is 0.141 e. The van der Waals surface area contributed by atoms with E-state index in [1.165, 1.54) is 18.0 Å². The molecular formula is C10H7N3OS. The van der Waals surface area contributed by atoms with Crippen molar-refractivity contribution in [3.05, 3.63) is 35.9 Å². The molecular weight excluding hydrogens is 210 g/mol. The van der Waals surface area contributed by atoms with Crippen molar-refractivity contribution in [1.82, 2.24) is 10.2 Å². The Morgan fingerprint density at radius 2 is 2.33 bits per heavy atom. The van der Waals surface area contributed by atoms with Gasteiger partial charge in [-0.15, -0.1) is 5.10 Å². The van der Waals surface area contributed by atoms with Crippen LogP contribution in [-0.2, 0) is 0 Å². The average molecular weight is 217 g/mol. The van der Waals surface area contributed by atoms with Gasteiger partial charge in [-0.25, -0.2) is 0 Å². The van der Waals surface area contributed by atoms with Crippen LogP contribution in [0.4, 0.5) is 0 Å². The molecule has 5 heteroatoms. The van der Waals surface area contributed by atoms with Crippen molar-refractivity contribution in [1.29, 1.82) is 5.26 Å². The summed E-state index contributed by atoms with van der Waals surface area (Å²) in [4.78, 5) is 0.951. The lowest BCUT2D eigenvalue weighted by molar-refractivity contribution is 0.527. The van der Waals surface area contributed by atoms with Gasteiger partial charge in [0.1, 0.15) is 16.9 Å². The van der Waals surface area contributed by atoms with Gasteiger partial charge in [-0.2, -0.15) is 10.4 Å². The first-order valence-electron chi connectivity index (χ1n) is 4.25. The highest BCUT2D eigenvalue weighted by Crippen LogP contribution is 2.30. The van der Waals surface area contributed by atoms with Gasteiger partial charge in [-0.1, -0.05) is 11.8 Å². The van der Waals surface area contributed by atoms with Crippen LogP contribution in [0, 0.1) is 18.3 Å². The van der Waals surface area contributed by atoms with Crippen molar-refractivity contribution in [3.8, 4) is 6.07 Å². The molecule has 0 N–H and O–H groups in total. The van der Waals surface area contributed by atoms with Gasteiger partial charge < -0.3 is 4.42 Å². The van der Waals surface area contributed by atoms with Gasteiger partial charge >= 0.3 is 0 Å². The highest BCUT2D eigenvalue weighted by molar-refractivity contribution is 7.99. The second-order valence-electron chi connectivity index (χ2n) is 2.80. The van der Waals surface area contributed by atoms with E-state index in [4.69, 9.17) is 9.68 Å². The summed E-state index contributed by atoms with van der Waals surface area (Å²) in [5.41, 5.74) is 0.524. The number of nitriles is 1. The molecule has 0 radical (unpaired) electrons. The van der Waals surface area contributed by atoms with E-state index in [-0.39, 0.29) is 0 Å². The minimum absolute atomic E-state index is 0.524. The van der Waals surface area contributed by atoms with Crippen molar-refractivity contribution in [2.45, 2.75) is 16.8 Å². The van der Waals surface area contributed by atoms with E-state index in [2.05, 4.69) is 16.3 Å². The molecule has 0 aliphatic heterocycles. The number of furan rings is 1. The van der Waals surface area contributed by atoms with E-state index in [0.717, 1.165) is 10.7 Å². The van der Waals surface area contributed by atoms with Gasteiger partial charge in [0.15, 0.2) is 0 Å². The molecule has 2 heterocycles. The van der Waals surface area contributed by atoms with Crippen molar-refractivity contribution in [2.24, 2.45) is 0 Å². The van der Waals surface area contributed by atoms with E-state index in [9.17, 15) is 0 Å². The highest BCUT2D eigenvalue weighted by atomic mass is 32.2. The van der Waals surface area contributed by atoms with Gasteiger partial charge in [0.2, 0.25) is 0 Å². The zero-order chi connectivity index (χ0) is 10.7. The Balaban J connectivity index is 2.33. The van der Waals surface area contributed by atoms with E-state index >= 15 is 0 Å². The summed E-state index contributed by atoms with van der Waals surface area (Å²) >= 11 is 1.38. The summed E-state index contributed by atoms with van der Waals surface area (Å²) in [5, 5.41) is 17.1. The van der Waals surface area contributed by atoms with E-state index in [1.54, 1.807) is 12.3 Å². The fraction of sp³-hybridized carbons (Fsp3) is 0.100. The maximum atomic E-state index is 8.86. The van der Waals surface area contributed by atoms with Gasteiger partial charge in [0.25, 0.3) is 0 Å². The molecule has 0 aliphatic carbocycles. The summed E-state index contributed by atoms with van der Waals surface area (Å²) in [6, 6.07) is 5.56. The first-order valence-corrected chi connectivity index (χ1v) is 5.06.